The first kappa shape index (κ1) is 22.5. The van der Waals surface area contributed by atoms with E-state index in [-0.39, 0.29) is 0 Å². The number of ether oxygens (including phenoxy) is 1. The molecule has 0 unspecified atom stereocenters. The summed E-state index contributed by atoms with van der Waals surface area (Å²) >= 11 is 0. The molecule has 8 nitrogen and oxygen atoms in total. The van der Waals surface area contributed by atoms with Gasteiger partial charge in [0.05, 0.1) is 11.4 Å². The van der Waals surface area contributed by atoms with E-state index >= 15 is 0 Å². The average molecular weight is 508 g/mol. The molecule has 194 valence electrons. The highest BCUT2D eigenvalue weighted by atomic mass is 16.5. The van der Waals surface area contributed by atoms with E-state index in [1.165, 1.54) is 51.9 Å². The van der Waals surface area contributed by atoms with Gasteiger partial charge in [-0.25, -0.2) is 14.6 Å². The Kier molecular flexibility index (Phi) is 4.74. The van der Waals surface area contributed by atoms with Gasteiger partial charge in [0.25, 0.3) is 0 Å². The first-order valence-electron chi connectivity index (χ1n) is 13.7. The minimum Gasteiger partial charge on any atom is -0.457 e. The van der Waals surface area contributed by atoms with Crippen LogP contribution < -0.4 is 10.5 Å². The number of nitrogen functional groups attached to an aromatic ring is 1. The normalized spacial score (nSPS) is 28.0. The van der Waals surface area contributed by atoms with Gasteiger partial charge in [0, 0.05) is 43.2 Å². The van der Waals surface area contributed by atoms with Gasteiger partial charge in [-0.3, -0.25) is 4.90 Å². The summed E-state index contributed by atoms with van der Waals surface area (Å²) in [6.07, 6.45) is 6.58. The predicted octanol–water partition coefficient (Wildman–Crippen LogP) is 4.60. The number of nitrogens with two attached hydrogens (primary N) is 1. The maximum Gasteiger partial charge on any atom is 0.164 e. The second-order valence-electron chi connectivity index (χ2n) is 12.4. The second-order valence-corrected chi connectivity index (χ2v) is 12.4. The molecule has 4 aliphatic rings. The summed E-state index contributed by atoms with van der Waals surface area (Å²) in [6.45, 7) is 5.18. The zero-order valence-electron chi connectivity index (χ0n) is 21.8. The van der Waals surface area contributed by atoms with Crippen molar-refractivity contribution in [3.05, 3.63) is 60.9 Å². The number of hydrogen-bond acceptors (Lipinski definition) is 7. The molecule has 8 heteroatoms. The number of benzene rings is 2. The molecule has 2 aliphatic carbocycles. The lowest BCUT2D eigenvalue weighted by atomic mass is 9.51. The number of para-hydroxylation sites is 1. The standard InChI is InChI=1S/C30H33N7O/c1-35-15-30(16-35)17-36(18-30)21-11-29(12-21)13-22(14-29)37-28-25(27(31)32-19-33-28)26(34-37)20-7-9-24(10-8-20)38-23-5-3-2-4-6-23/h2-10,19,21-22H,11-18H2,1H3,(H2,31,32,33). The van der Waals surface area contributed by atoms with E-state index in [2.05, 4.69) is 31.5 Å². The summed E-state index contributed by atoms with van der Waals surface area (Å²) in [5, 5.41) is 5.93. The second kappa shape index (κ2) is 8.01. The Morgan fingerprint density at radius 2 is 1.50 bits per heavy atom. The molecule has 0 radical (unpaired) electrons. The van der Waals surface area contributed by atoms with Crippen LogP contribution in [0.15, 0.2) is 60.9 Å². The number of fused-ring (bicyclic) bond motifs is 1. The summed E-state index contributed by atoms with van der Waals surface area (Å²) in [4.78, 5) is 14.1. The van der Waals surface area contributed by atoms with Gasteiger partial charge in [-0.1, -0.05) is 18.2 Å². The monoisotopic (exact) mass is 507 g/mol. The fraction of sp³-hybridized carbons (Fsp3) is 0.433. The molecule has 2 aromatic carbocycles. The maximum atomic E-state index is 6.37. The van der Waals surface area contributed by atoms with Crippen LogP contribution in [0.5, 0.6) is 11.5 Å². The summed E-state index contributed by atoms with van der Waals surface area (Å²) in [5.41, 5.74) is 10.1. The topological polar surface area (TPSA) is 85.3 Å². The third-order valence-corrected chi connectivity index (χ3v) is 9.45. The van der Waals surface area contributed by atoms with E-state index < -0.39 is 0 Å². The molecular weight excluding hydrogens is 474 g/mol. The lowest BCUT2D eigenvalue weighted by Crippen LogP contribution is -2.74. The van der Waals surface area contributed by atoms with Crippen LogP contribution in [-0.2, 0) is 0 Å². The molecule has 4 heterocycles. The van der Waals surface area contributed by atoms with Crippen molar-refractivity contribution < 1.29 is 4.74 Å². The Morgan fingerprint density at radius 3 is 2.21 bits per heavy atom. The Hall–Kier alpha value is -3.49. The molecule has 4 aromatic rings. The molecule has 2 saturated heterocycles. The van der Waals surface area contributed by atoms with Crippen molar-refractivity contribution in [2.75, 3.05) is 39.0 Å². The fourth-order valence-electron chi connectivity index (χ4n) is 7.77. The number of likely N-dealkylation sites (tertiary alicyclic amines) is 2. The highest BCUT2D eigenvalue weighted by Crippen LogP contribution is 2.63. The Morgan fingerprint density at radius 1 is 0.816 bits per heavy atom. The molecule has 0 bridgehead atoms. The van der Waals surface area contributed by atoms with Gasteiger partial charge in [0.2, 0.25) is 0 Å². The molecule has 2 spiro atoms. The average Bonchev–Trinajstić information content (AvgIpc) is 3.21. The van der Waals surface area contributed by atoms with Gasteiger partial charge >= 0.3 is 0 Å². The van der Waals surface area contributed by atoms with Crippen LogP contribution in [0, 0.1) is 10.8 Å². The lowest BCUT2D eigenvalue weighted by Gasteiger charge is -2.67. The van der Waals surface area contributed by atoms with E-state index in [1.807, 2.05) is 54.6 Å². The number of rotatable bonds is 5. The summed E-state index contributed by atoms with van der Waals surface area (Å²) in [7, 11) is 2.24. The summed E-state index contributed by atoms with van der Waals surface area (Å²) in [6, 6.07) is 19.0. The summed E-state index contributed by atoms with van der Waals surface area (Å²) in [5.74, 6) is 2.08. The number of hydrogen-bond donors (Lipinski definition) is 1. The van der Waals surface area contributed by atoms with Crippen molar-refractivity contribution in [1.29, 1.82) is 0 Å². The van der Waals surface area contributed by atoms with Crippen molar-refractivity contribution in [3.8, 4) is 22.8 Å². The maximum absolute atomic E-state index is 6.37. The SMILES string of the molecule is CN1CC2(C1)CN(C1CC3(C1)CC(n1nc(-c4ccc(Oc5ccccc5)cc4)c4c(N)ncnc41)C3)C2. The van der Waals surface area contributed by atoms with Gasteiger partial charge < -0.3 is 15.4 Å². The van der Waals surface area contributed by atoms with Crippen molar-refractivity contribution in [2.24, 2.45) is 10.8 Å². The molecular formula is C30H33N7O. The Bertz CT molecular complexity index is 1490. The third-order valence-electron chi connectivity index (χ3n) is 9.45. The molecule has 2 aliphatic heterocycles. The van der Waals surface area contributed by atoms with Crippen LogP contribution in [0.25, 0.3) is 22.3 Å². The smallest absolute Gasteiger partial charge is 0.164 e. The predicted molar refractivity (Wildman–Crippen MR) is 147 cm³/mol. The van der Waals surface area contributed by atoms with Gasteiger partial charge in [-0.15, -0.1) is 0 Å². The zero-order chi connectivity index (χ0) is 25.5. The minimum absolute atomic E-state index is 0.366. The van der Waals surface area contributed by atoms with Crippen molar-refractivity contribution in [2.45, 2.75) is 37.8 Å². The first-order valence-corrected chi connectivity index (χ1v) is 13.7. The molecule has 8 rings (SSSR count). The van der Waals surface area contributed by atoms with Crippen LogP contribution in [0.1, 0.15) is 31.7 Å². The lowest BCUT2D eigenvalue weighted by molar-refractivity contribution is -0.171. The van der Waals surface area contributed by atoms with Crippen molar-refractivity contribution >= 4 is 16.9 Å². The highest BCUT2D eigenvalue weighted by Gasteiger charge is 2.59. The van der Waals surface area contributed by atoms with E-state index in [1.54, 1.807) is 6.33 Å². The number of nitrogens with zero attached hydrogens (tertiary/aromatic N) is 6. The van der Waals surface area contributed by atoms with Gasteiger partial charge in [0.1, 0.15) is 29.3 Å². The quantitative estimate of drug-likeness (QED) is 0.423. The fourth-order valence-corrected chi connectivity index (χ4v) is 7.77. The molecule has 4 fully saturated rings. The molecule has 38 heavy (non-hydrogen) atoms. The Labute approximate surface area is 222 Å². The van der Waals surface area contributed by atoms with E-state index in [0.717, 1.165) is 39.8 Å². The molecule has 2 N–H and O–H groups in total. The van der Waals surface area contributed by atoms with E-state index in [0.29, 0.717) is 22.7 Å². The molecule has 0 amide bonds. The molecule has 2 aromatic heterocycles. The molecule has 2 saturated carbocycles. The largest absolute Gasteiger partial charge is 0.457 e. The van der Waals surface area contributed by atoms with Crippen molar-refractivity contribution in [1.82, 2.24) is 29.5 Å². The minimum atomic E-state index is 0.366. The first-order chi connectivity index (χ1) is 18.5. The van der Waals surface area contributed by atoms with E-state index in [4.69, 9.17) is 15.6 Å². The highest BCUT2D eigenvalue weighted by molar-refractivity contribution is 5.98. The number of anilines is 1. The Balaban J connectivity index is 0.985. The van der Waals surface area contributed by atoms with Crippen LogP contribution in [0.3, 0.4) is 0 Å². The zero-order valence-corrected chi connectivity index (χ0v) is 21.8. The van der Waals surface area contributed by atoms with Crippen LogP contribution in [-0.4, -0.2) is 68.8 Å². The van der Waals surface area contributed by atoms with Gasteiger partial charge in [-0.2, -0.15) is 5.10 Å². The summed E-state index contributed by atoms with van der Waals surface area (Å²) < 4.78 is 8.10. The van der Waals surface area contributed by atoms with Gasteiger partial charge in [0.15, 0.2) is 5.65 Å². The third kappa shape index (κ3) is 3.47. The van der Waals surface area contributed by atoms with Crippen LogP contribution in [0.4, 0.5) is 5.82 Å². The van der Waals surface area contributed by atoms with Gasteiger partial charge in [-0.05, 0) is 74.5 Å². The number of aromatic nitrogens is 4. The van der Waals surface area contributed by atoms with E-state index in [9.17, 15) is 0 Å². The molecule has 0 atom stereocenters. The van der Waals surface area contributed by atoms with Crippen molar-refractivity contribution in [3.63, 3.8) is 0 Å². The van der Waals surface area contributed by atoms with Crippen LogP contribution in [0.2, 0.25) is 0 Å². The van der Waals surface area contributed by atoms with Crippen LogP contribution >= 0.6 is 0 Å².